The maximum atomic E-state index is 13.5. The van der Waals surface area contributed by atoms with Crippen molar-refractivity contribution in [3.05, 3.63) is 71.8 Å². The van der Waals surface area contributed by atoms with Crippen LogP contribution < -0.4 is 5.32 Å². The highest BCUT2D eigenvalue weighted by Crippen LogP contribution is 2.23. The largest absolute Gasteiger partial charge is 0.309 e. The molecule has 1 aromatic carbocycles. The highest BCUT2D eigenvalue weighted by Gasteiger charge is 2.31. The summed E-state index contributed by atoms with van der Waals surface area (Å²) in [4.78, 5) is 19.4. The van der Waals surface area contributed by atoms with E-state index >= 15 is 0 Å². The summed E-state index contributed by atoms with van der Waals surface area (Å²) in [6, 6.07) is 13.7. The van der Waals surface area contributed by atoms with E-state index in [1.165, 1.54) is 12.1 Å². The molecule has 1 unspecified atom stereocenters. The van der Waals surface area contributed by atoms with E-state index in [2.05, 4.69) is 20.3 Å². The lowest BCUT2D eigenvalue weighted by Crippen LogP contribution is -2.39. The van der Waals surface area contributed by atoms with Crippen LogP contribution in [0.25, 0.3) is 5.82 Å². The molecule has 4 rings (SSSR count). The predicted molar refractivity (Wildman–Crippen MR) is 105 cm³/mol. The summed E-state index contributed by atoms with van der Waals surface area (Å²) in [5, 5.41) is 7.45. The number of aryl methyl sites for hydroxylation is 1. The fraction of sp³-hybridized carbons (Fsp3) is 0.286. The van der Waals surface area contributed by atoms with Crippen LogP contribution in [0, 0.1) is 12.7 Å². The number of amides is 1. The van der Waals surface area contributed by atoms with Gasteiger partial charge in [-0.2, -0.15) is 9.78 Å². The van der Waals surface area contributed by atoms with Gasteiger partial charge in [-0.05, 0) is 56.1 Å². The van der Waals surface area contributed by atoms with Crippen LogP contribution in [0.15, 0.2) is 54.7 Å². The molecule has 0 spiro atoms. The molecule has 0 radical (unpaired) electrons. The second-order valence-electron chi connectivity index (χ2n) is 7.02. The Bertz CT molecular complexity index is 972. The van der Waals surface area contributed by atoms with Crippen molar-refractivity contribution in [3.8, 4) is 5.82 Å². The Morgan fingerprint density at radius 1 is 1.25 bits per heavy atom. The molecule has 3 aromatic rings. The Kier molecular flexibility index (Phi) is 5.16. The van der Waals surface area contributed by atoms with Crippen molar-refractivity contribution in [3.63, 3.8) is 0 Å². The van der Waals surface area contributed by atoms with Gasteiger partial charge in [-0.25, -0.2) is 9.37 Å². The van der Waals surface area contributed by atoms with Crippen LogP contribution in [0.4, 0.5) is 10.2 Å². The Labute approximate surface area is 163 Å². The number of halogens is 1. The van der Waals surface area contributed by atoms with Gasteiger partial charge in [0.25, 0.3) is 0 Å². The zero-order valence-electron chi connectivity index (χ0n) is 15.7. The van der Waals surface area contributed by atoms with Crippen LogP contribution in [0.5, 0.6) is 0 Å². The number of anilines is 1. The molecule has 3 heterocycles. The average molecular weight is 379 g/mol. The first kappa shape index (κ1) is 18.3. The van der Waals surface area contributed by atoms with E-state index in [1.54, 1.807) is 16.9 Å². The third kappa shape index (κ3) is 3.94. The van der Waals surface area contributed by atoms with Crippen LogP contribution in [-0.4, -0.2) is 38.2 Å². The second kappa shape index (κ2) is 7.90. The summed E-state index contributed by atoms with van der Waals surface area (Å²) in [6.07, 6.45) is 3.40. The molecule has 0 aliphatic carbocycles. The summed E-state index contributed by atoms with van der Waals surface area (Å²) >= 11 is 0. The molecule has 2 aromatic heterocycles. The molecule has 0 bridgehead atoms. The zero-order chi connectivity index (χ0) is 19.5. The molecular weight excluding hydrogens is 357 g/mol. The predicted octanol–water partition coefficient (Wildman–Crippen LogP) is 3.32. The van der Waals surface area contributed by atoms with Crippen molar-refractivity contribution in [1.29, 1.82) is 0 Å². The fourth-order valence-electron chi connectivity index (χ4n) is 3.63. The molecule has 1 saturated heterocycles. The summed E-state index contributed by atoms with van der Waals surface area (Å²) in [7, 11) is 0. The van der Waals surface area contributed by atoms with Crippen molar-refractivity contribution >= 4 is 11.7 Å². The Morgan fingerprint density at radius 2 is 2.14 bits per heavy atom. The molecule has 28 heavy (non-hydrogen) atoms. The molecule has 7 heteroatoms. The standard InChI is InChI=1S/C21H22FN5O/c1-15-12-20(27(25-15)19-9-2-3-10-23-19)24-21(28)18-8-5-11-26(18)14-16-6-4-7-17(22)13-16/h2-4,6-7,9-10,12-13,18H,5,8,11,14H2,1H3,(H,24,28). The van der Waals surface area contributed by atoms with Gasteiger partial charge >= 0.3 is 0 Å². The number of carbonyl (C=O) groups excluding carboxylic acids is 1. The fourth-order valence-corrected chi connectivity index (χ4v) is 3.63. The van der Waals surface area contributed by atoms with Crippen LogP contribution in [-0.2, 0) is 11.3 Å². The van der Waals surface area contributed by atoms with Crippen molar-refractivity contribution in [2.45, 2.75) is 32.4 Å². The lowest BCUT2D eigenvalue weighted by atomic mass is 10.1. The highest BCUT2D eigenvalue weighted by atomic mass is 19.1. The van der Waals surface area contributed by atoms with Gasteiger partial charge in [-0.3, -0.25) is 9.69 Å². The SMILES string of the molecule is Cc1cc(NC(=O)C2CCCN2Cc2cccc(F)c2)n(-c2ccccn2)n1. The van der Waals surface area contributed by atoms with Crippen molar-refractivity contribution < 1.29 is 9.18 Å². The van der Waals surface area contributed by atoms with E-state index in [-0.39, 0.29) is 17.8 Å². The maximum absolute atomic E-state index is 13.5. The lowest BCUT2D eigenvalue weighted by Gasteiger charge is -2.23. The summed E-state index contributed by atoms with van der Waals surface area (Å²) in [5.74, 6) is 0.908. The molecule has 1 aliphatic rings. The molecular formula is C21H22FN5O. The number of nitrogens with one attached hydrogen (secondary N) is 1. The van der Waals surface area contributed by atoms with Crippen LogP contribution >= 0.6 is 0 Å². The van der Waals surface area contributed by atoms with Crippen LogP contribution in [0.1, 0.15) is 24.1 Å². The molecule has 144 valence electrons. The Balaban J connectivity index is 1.50. The molecule has 1 amide bonds. The van der Waals surface area contributed by atoms with Gasteiger partial charge in [0, 0.05) is 18.8 Å². The first-order valence-corrected chi connectivity index (χ1v) is 9.37. The minimum Gasteiger partial charge on any atom is -0.309 e. The monoisotopic (exact) mass is 379 g/mol. The first-order valence-electron chi connectivity index (χ1n) is 9.37. The van der Waals surface area contributed by atoms with Gasteiger partial charge in [0.15, 0.2) is 5.82 Å². The summed E-state index contributed by atoms with van der Waals surface area (Å²) in [5.41, 5.74) is 1.66. The Morgan fingerprint density at radius 3 is 2.93 bits per heavy atom. The third-order valence-corrected chi connectivity index (χ3v) is 4.89. The van der Waals surface area contributed by atoms with Crippen molar-refractivity contribution in [2.75, 3.05) is 11.9 Å². The molecule has 1 aliphatic heterocycles. The quantitative estimate of drug-likeness (QED) is 0.739. The topological polar surface area (TPSA) is 63.1 Å². The number of aromatic nitrogens is 3. The van der Waals surface area contributed by atoms with Gasteiger partial charge in [0.05, 0.1) is 11.7 Å². The smallest absolute Gasteiger partial charge is 0.242 e. The van der Waals surface area contributed by atoms with E-state index in [0.717, 1.165) is 30.6 Å². The van der Waals surface area contributed by atoms with Gasteiger partial charge in [0.2, 0.25) is 5.91 Å². The number of pyridine rings is 1. The summed E-state index contributed by atoms with van der Waals surface area (Å²) < 4.78 is 15.1. The van der Waals surface area contributed by atoms with E-state index < -0.39 is 0 Å². The normalized spacial score (nSPS) is 17.0. The maximum Gasteiger partial charge on any atom is 0.242 e. The second-order valence-corrected chi connectivity index (χ2v) is 7.02. The Hall–Kier alpha value is -3.06. The number of carbonyl (C=O) groups is 1. The highest BCUT2D eigenvalue weighted by molar-refractivity contribution is 5.94. The van der Waals surface area contributed by atoms with E-state index in [4.69, 9.17) is 0 Å². The van der Waals surface area contributed by atoms with Gasteiger partial charge in [-0.1, -0.05) is 18.2 Å². The van der Waals surface area contributed by atoms with E-state index in [0.29, 0.717) is 18.2 Å². The van der Waals surface area contributed by atoms with Gasteiger partial charge < -0.3 is 5.32 Å². The first-order chi connectivity index (χ1) is 13.6. The van der Waals surface area contributed by atoms with Gasteiger partial charge in [0.1, 0.15) is 11.6 Å². The molecule has 1 N–H and O–H groups in total. The number of hydrogen-bond donors (Lipinski definition) is 1. The lowest BCUT2D eigenvalue weighted by molar-refractivity contribution is -0.120. The number of nitrogens with zero attached hydrogens (tertiary/aromatic N) is 4. The van der Waals surface area contributed by atoms with Crippen molar-refractivity contribution in [2.24, 2.45) is 0 Å². The van der Waals surface area contributed by atoms with Crippen molar-refractivity contribution in [1.82, 2.24) is 19.7 Å². The molecule has 1 fully saturated rings. The van der Waals surface area contributed by atoms with Crippen LogP contribution in [0.3, 0.4) is 0 Å². The van der Waals surface area contributed by atoms with Gasteiger partial charge in [-0.15, -0.1) is 0 Å². The van der Waals surface area contributed by atoms with Crippen LogP contribution in [0.2, 0.25) is 0 Å². The van der Waals surface area contributed by atoms with E-state index in [9.17, 15) is 9.18 Å². The number of rotatable bonds is 5. The minimum absolute atomic E-state index is 0.0778. The average Bonchev–Trinajstić information content (AvgIpc) is 3.29. The summed E-state index contributed by atoms with van der Waals surface area (Å²) in [6.45, 7) is 3.24. The molecule has 6 nitrogen and oxygen atoms in total. The minimum atomic E-state index is -0.257. The zero-order valence-corrected chi connectivity index (χ0v) is 15.7. The molecule has 0 saturated carbocycles. The number of hydrogen-bond acceptors (Lipinski definition) is 4. The van der Waals surface area contributed by atoms with E-state index in [1.807, 2.05) is 37.3 Å². The number of benzene rings is 1. The third-order valence-electron chi connectivity index (χ3n) is 4.89. The number of likely N-dealkylation sites (tertiary alicyclic amines) is 1. The molecule has 1 atom stereocenters.